The Labute approximate surface area is 121 Å². The van der Waals surface area contributed by atoms with E-state index in [1.807, 2.05) is 30.3 Å². The zero-order chi connectivity index (χ0) is 15.1. The van der Waals surface area contributed by atoms with Crippen molar-refractivity contribution in [2.75, 3.05) is 12.4 Å². The smallest absolute Gasteiger partial charge is 0.413 e. The van der Waals surface area contributed by atoms with Gasteiger partial charge in [-0.2, -0.15) is 0 Å². The molecule has 3 rings (SSSR count). The Hall–Kier alpha value is -3.02. The Morgan fingerprint density at radius 2 is 1.81 bits per heavy atom. The van der Waals surface area contributed by atoms with E-state index < -0.39 is 6.09 Å². The molecule has 6 heteroatoms. The number of imidazole rings is 1. The number of para-hydroxylation sites is 3. The normalized spacial score (nSPS) is 9.57. The molecule has 0 spiro atoms. The van der Waals surface area contributed by atoms with Gasteiger partial charge in [0.1, 0.15) is 5.75 Å². The Balaban J connectivity index is 0.000000194. The van der Waals surface area contributed by atoms with E-state index in [9.17, 15) is 4.79 Å². The van der Waals surface area contributed by atoms with E-state index in [2.05, 4.69) is 20.0 Å². The summed E-state index contributed by atoms with van der Waals surface area (Å²) in [5, 5.41) is 11.1. The highest BCUT2D eigenvalue weighted by Gasteiger charge is 2.04. The average molecular weight is 285 g/mol. The van der Waals surface area contributed by atoms with Gasteiger partial charge >= 0.3 is 6.09 Å². The molecule has 0 saturated carbocycles. The monoisotopic (exact) mass is 285 g/mol. The van der Waals surface area contributed by atoms with Gasteiger partial charge in [0.2, 0.25) is 5.95 Å². The average Bonchev–Trinajstić information content (AvgIpc) is 2.90. The molecule has 1 amide bonds. The van der Waals surface area contributed by atoms with Crippen LogP contribution in [0, 0.1) is 0 Å². The van der Waals surface area contributed by atoms with Gasteiger partial charge in [-0.05, 0) is 24.3 Å². The lowest BCUT2D eigenvalue weighted by atomic mass is 10.3. The summed E-state index contributed by atoms with van der Waals surface area (Å²) in [7, 11) is 1.30. The largest absolute Gasteiger partial charge is 0.508 e. The quantitative estimate of drug-likeness (QED) is 0.641. The molecule has 0 bridgehead atoms. The number of hydrogen-bond acceptors (Lipinski definition) is 4. The first-order chi connectivity index (χ1) is 10.2. The van der Waals surface area contributed by atoms with E-state index >= 15 is 0 Å². The summed E-state index contributed by atoms with van der Waals surface area (Å²) >= 11 is 0. The summed E-state index contributed by atoms with van der Waals surface area (Å²) in [4.78, 5) is 17.9. The van der Waals surface area contributed by atoms with Crippen LogP contribution in [-0.4, -0.2) is 28.3 Å². The first-order valence-electron chi connectivity index (χ1n) is 6.23. The minimum Gasteiger partial charge on any atom is -0.508 e. The number of H-pyrrole nitrogens is 1. The van der Waals surface area contributed by atoms with Crippen LogP contribution in [0.5, 0.6) is 5.75 Å². The van der Waals surface area contributed by atoms with Gasteiger partial charge in [0.25, 0.3) is 0 Å². The van der Waals surface area contributed by atoms with E-state index in [0.29, 0.717) is 11.7 Å². The number of methoxy groups -OCH3 is 1. The van der Waals surface area contributed by atoms with Crippen LogP contribution < -0.4 is 5.32 Å². The number of benzene rings is 2. The molecule has 6 nitrogen and oxygen atoms in total. The lowest BCUT2D eigenvalue weighted by Crippen LogP contribution is -2.11. The molecule has 1 aromatic heterocycles. The van der Waals surface area contributed by atoms with Crippen molar-refractivity contribution in [2.45, 2.75) is 0 Å². The number of aromatic nitrogens is 2. The zero-order valence-corrected chi connectivity index (χ0v) is 11.4. The maximum Gasteiger partial charge on any atom is 0.413 e. The summed E-state index contributed by atoms with van der Waals surface area (Å²) in [5.74, 6) is 0.709. The molecule has 0 unspecified atom stereocenters. The Bertz CT molecular complexity index is 677. The van der Waals surface area contributed by atoms with Gasteiger partial charge in [0.05, 0.1) is 18.1 Å². The number of rotatable bonds is 1. The summed E-state index contributed by atoms with van der Waals surface area (Å²) < 4.78 is 4.44. The third kappa shape index (κ3) is 4.24. The van der Waals surface area contributed by atoms with Crippen molar-refractivity contribution in [2.24, 2.45) is 0 Å². The molecule has 0 fully saturated rings. The lowest BCUT2D eigenvalue weighted by molar-refractivity contribution is 0.186. The number of anilines is 1. The van der Waals surface area contributed by atoms with Crippen molar-refractivity contribution >= 4 is 23.1 Å². The van der Waals surface area contributed by atoms with Crippen molar-refractivity contribution < 1.29 is 14.6 Å². The molecule has 3 aromatic rings. The van der Waals surface area contributed by atoms with Crippen LogP contribution in [0.15, 0.2) is 54.6 Å². The molecule has 1 heterocycles. The zero-order valence-electron chi connectivity index (χ0n) is 11.4. The summed E-state index contributed by atoms with van der Waals surface area (Å²) in [6, 6.07) is 16.2. The first-order valence-corrected chi connectivity index (χ1v) is 6.23. The second-order valence-electron chi connectivity index (χ2n) is 4.05. The predicted octanol–water partition coefficient (Wildman–Crippen LogP) is 3.13. The molecule has 108 valence electrons. The maximum absolute atomic E-state index is 10.9. The van der Waals surface area contributed by atoms with Crippen molar-refractivity contribution in [1.82, 2.24) is 9.97 Å². The van der Waals surface area contributed by atoms with E-state index in [1.165, 1.54) is 7.11 Å². The number of aromatic hydroxyl groups is 1. The van der Waals surface area contributed by atoms with E-state index in [1.54, 1.807) is 24.3 Å². The number of nitrogens with one attached hydrogen (secondary N) is 2. The van der Waals surface area contributed by atoms with Gasteiger partial charge in [-0.25, -0.2) is 9.78 Å². The summed E-state index contributed by atoms with van der Waals surface area (Å²) in [6.07, 6.45) is -0.538. The third-order valence-electron chi connectivity index (χ3n) is 2.55. The fraction of sp³-hybridized carbons (Fsp3) is 0.0667. The van der Waals surface area contributed by atoms with Gasteiger partial charge in [-0.15, -0.1) is 0 Å². The Morgan fingerprint density at radius 1 is 1.14 bits per heavy atom. The number of phenolic OH excluding ortho intramolecular Hbond substituents is 1. The molecule has 21 heavy (non-hydrogen) atoms. The second kappa shape index (κ2) is 6.95. The van der Waals surface area contributed by atoms with Crippen LogP contribution in [0.25, 0.3) is 11.0 Å². The summed E-state index contributed by atoms with van der Waals surface area (Å²) in [6.45, 7) is 0. The van der Waals surface area contributed by atoms with Crippen LogP contribution in [0.1, 0.15) is 0 Å². The standard InChI is InChI=1S/C9H9N3O2.C6H6O/c1-14-9(13)12-8-10-6-4-2-3-5-7(6)11-8;7-6-4-2-1-3-5-6/h2-5H,1H3,(H2,10,11,12,13);1-5,7H. The van der Waals surface area contributed by atoms with Crippen molar-refractivity contribution in [3.63, 3.8) is 0 Å². The molecule has 0 aliphatic heterocycles. The fourth-order valence-electron chi connectivity index (χ4n) is 1.59. The lowest BCUT2D eigenvalue weighted by Gasteiger charge is -1.96. The van der Waals surface area contributed by atoms with Crippen molar-refractivity contribution in [1.29, 1.82) is 0 Å². The highest BCUT2D eigenvalue weighted by molar-refractivity contribution is 5.85. The molecular formula is C15H15N3O3. The number of nitrogens with zero attached hydrogens (tertiary/aromatic N) is 1. The summed E-state index contributed by atoms with van der Waals surface area (Å²) in [5.41, 5.74) is 1.68. The second-order valence-corrected chi connectivity index (χ2v) is 4.05. The molecule has 0 aliphatic carbocycles. The topological polar surface area (TPSA) is 87.2 Å². The Kier molecular flexibility index (Phi) is 4.76. The first kappa shape index (κ1) is 14.4. The fourth-order valence-corrected chi connectivity index (χ4v) is 1.59. The predicted molar refractivity (Wildman–Crippen MR) is 80.2 cm³/mol. The number of hydrogen-bond donors (Lipinski definition) is 3. The highest BCUT2D eigenvalue weighted by atomic mass is 16.5. The van der Waals surface area contributed by atoms with Crippen LogP contribution in [0.3, 0.4) is 0 Å². The van der Waals surface area contributed by atoms with Crippen LogP contribution in [0.2, 0.25) is 0 Å². The molecule has 0 saturated heterocycles. The molecule has 0 atom stereocenters. The molecule has 3 N–H and O–H groups in total. The molecular weight excluding hydrogens is 270 g/mol. The number of aromatic amines is 1. The number of carbonyl (C=O) groups is 1. The van der Waals surface area contributed by atoms with E-state index in [-0.39, 0.29) is 0 Å². The highest BCUT2D eigenvalue weighted by Crippen LogP contribution is 2.13. The van der Waals surface area contributed by atoms with E-state index in [0.717, 1.165) is 11.0 Å². The van der Waals surface area contributed by atoms with Gasteiger partial charge in [-0.1, -0.05) is 30.3 Å². The van der Waals surface area contributed by atoms with Crippen LogP contribution in [0.4, 0.5) is 10.7 Å². The number of amides is 1. The van der Waals surface area contributed by atoms with Gasteiger partial charge in [0, 0.05) is 0 Å². The molecule has 0 radical (unpaired) electrons. The van der Waals surface area contributed by atoms with Crippen molar-refractivity contribution in [3.8, 4) is 5.75 Å². The minimum absolute atomic E-state index is 0.322. The van der Waals surface area contributed by atoms with Gasteiger partial charge in [0.15, 0.2) is 0 Å². The molecule has 0 aliphatic rings. The number of carbonyl (C=O) groups excluding carboxylic acids is 1. The third-order valence-corrected chi connectivity index (χ3v) is 2.55. The SMILES string of the molecule is COC(=O)Nc1nc2ccccc2[nH]1.Oc1ccccc1. The molecule has 2 aromatic carbocycles. The number of fused-ring (bicyclic) bond motifs is 1. The van der Waals surface area contributed by atoms with E-state index in [4.69, 9.17) is 5.11 Å². The number of ether oxygens (including phenoxy) is 1. The number of phenols is 1. The Morgan fingerprint density at radius 3 is 2.38 bits per heavy atom. The van der Waals surface area contributed by atoms with Gasteiger partial charge < -0.3 is 14.8 Å². The maximum atomic E-state index is 10.9. The minimum atomic E-state index is -0.538. The van der Waals surface area contributed by atoms with Gasteiger partial charge in [-0.3, -0.25) is 5.32 Å². The van der Waals surface area contributed by atoms with Crippen LogP contribution in [-0.2, 0) is 4.74 Å². The van der Waals surface area contributed by atoms with Crippen molar-refractivity contribution in [3.05, 3.63) is 54.6 Å². The van der Waals surface area contributed by atoms with Crippen LogP contribution >= 0.6 is 0 Å².